The van der Waals surface area contributed by atoms with Crippen LogP contribution < -0.4 is 0 Å². The van der Waals surface area contributed by atoms with E-state index in [4.69, 9.17) is 0 Å². The van der Waals surface area contributed by atoms with E-state index in [0.29, 0.717) is 5.75 Å². The van der Waals surface area contributed by atoms with Crippen molar-refractivity contribution < 1.29 is 9.00 Å². The maximum atomic E-state index is 11.8. The summed E-state index contributed by atoms with van der Waals surface area (Å²) < 4.78 is 13.1. The zero-order valence-electron chi connectivity index (χ0n) is 9.37. The molecule has 0 spiro atoms. The molecule has 2 atom stereocenters. The Morgan fingerprint density at radius 1 is 1.57 bits per heavy atom. The minimum absolute atomic E-state index is 0.0140. The lowest BCUT2D eigenvalue weighted by Gasteiger charge is -2.20. The SMILES string of the molecule is C=S1(=O)CC(CC(C)(C)C)C(=O)N1C. The molecule has 1 aliphatic rings. The summed E-state index contributed by atoms with van der Waals surface area (Å²) in [6.45, 7) is 6.26. The largest absolute Gasteiger partial charge is 0.274 e. The highest BCUT2D eigenvalue weighted by Crippen LogP contribution is 2.30. The minimum Gasteiger partial charge on any atom is -0.274 e. The molecule has 0 aromatic rings. The fourth-order valence-corrected chi connectivity index (χ4v) is 3.39. The Morgan fingerprint density at radius 2 is 2.07 bits per heavy atom. The standard InChI is InChI=1S/C10H19NO2S/c1-10(2,3)6-8-7-14(5,13)11(4)9(8)12/h8H,5-7H2,1-4H3. The molecule has 0 aliphatic carbocycles. The van der Waals surface area contributed by atoms with Gasteiger partial charge in [-0.15, -0.1) is 0 Å². The van der Waals surface area contributed by atoms with Crippen LogP contribution in [0.3, 0.4) is 0 Å². The number of nitrogens with zero attached hydrogens (tertiary/aromatic N) is 1. The van der Waals surface area contributed by atoms with E-state index < -0.39 is 9.71 Å². The van der Waals surface area contributed by atoms with Crippen molar-refractivity contribution in [3.05, 3.63) is 0 Å². The lowest BCUT2D eigenvalue weighted by atomic mass is 9.85. The highest BCUT2D eigenvalue weighted by atomic mass is 32.2. The topological polar surface area (TPSA) is 37.4 Å². The van der Waals surface area contributed by atoms with Crippen molar-refractivity contribution in [3.63, 3.8) is 0 Å². The van der Waals surface area contributed by atoms with E-state index in [9.17, 15) is 9.00 Å². The third-order valence-electron chi connectivity index (χ3n) is 2.48. The Labute approximate surface area is 86.6 Å². The van der Waals surface area contributed by atoms with E-state index in [1.807, 2.05) is 0 Å². The molecule has 3 nitrogen and oxygen atoms in total. The third-order valence-corrected chi connectivity index (χ3v) is 4.58. The average molecular weight is 217 g/mol. The van der Waals surface area contributed by atoms with Crippen LogP contribution >= 0.6 is 0 Å². The maximum Gasteiger partial charge on any atom is 0.237 e. The number of carbonyl (C=O) groups is 1. The quantitative estimate of drug-likeness (QED) is 0.618. The molecular formula is C10H19NO2S. The third kappa shape index (κ3) is 2.29. The molecular weight excluding hydrogens is 198 g/mol. The minimum atomic E-state index is -2.31. The second kappa shape index (κ2) is 3.26. The smallest absolute Gasteiger partial charge is 0.237 e. The van der Waals surface area contributed by atoms with Crippen LogP contribution in [-0.4, -0.2) is 33.1 Å². The Hall–Kier alpha value is -0.510. The molecule has 82 valence electrons. The summed E-state index contributed by atoms with van der Waals surface area (Å²) in [5.74, 6) is 3.91. The van der Waals surface area contributed by atoms with Crippen LogP contribution in [0.15, 0.2) is 0 Å². The number of hydrogen-bond acceptors (Lipinski definition) is 2. The van der Waals surface area contributed by atoms with Gasteiger partial charge in [0.25, 0.3) is 0 Å². The van der Waals surface area contributed by atoms with Crippen molar-refractivity contribution in [1.82, 2.24) is 4.31 Å². The van der Waals surface area contributed by atoms with E-state index in [1.54, 1.807) is 7.05 Å². The van der Waals surface area contributed by atoms with Gasteiger partial charge in [0, 0.05) is 12.8 Å². The van der Waals surface area contributed by atoms with Gasteiger partial charge in [0.1, 0.15) is 0 Å². The predicted molar refractivity (Wildman–Crippen MR) is 60.5 cm³/mol. The summed E-state index contributed by atoms with van der Waals surface area (Å²) in [6, 6.07) is 0. The van der Waals surface area contributed by atoms with E-state index in [0.717, 1.165) is 6.42 Å². The van der Waals surface area contributed by atoms with Crippen molar-refractivity contribution in [2.24, 2.45) is 11.3 Å². The normalized spacial score (nSPS) is 33.9. The zero-order chi connectivity index (χ0) is 11.1. The van der Waals surface area contributed by atoms with Gasteiger partial charge < -0.3 is 0 Å². The molecule has 1 fully saturated rings. The summed E-state index contributed by atoms with van der Waals surface area (Å²) in [5.41, 5.74) is 0.0982. The average Bonchev–Trinajstić information content (AvgIpc) is 2.11. The molecule has 1 rings (SSSR count). The molecule has 0 saturated carbocycles. The fraction of sp³-hybridized carbons (Fsp3) is 0.800. The highest BCUT2D eigenvalue weighted by Gasteiger charge is 2.38. The second-order valence-corrected chi connectivity index (χ2v) is 7.66. The van der Waals surface area contributed by atoms with Gasteiger partial charge in [-0.25, -0.2) is 4.21 Å². The molecule has 0 N–H and O–H groups in total. The Morgan fingerprint density at radius 3 is 2.36 bits per heavy atom. The van der Waals surface area contributed by atoms with Gasteiger partial charge in [-0.1, -0.05) is 20.8 Å². The van der Waals surface area contributed by atoms with Gasteiger partial charge in [0.05, 0.1) is 15.6 Å². The monoisotopic (exact) mass is 217 g/mol. The maximum absolute atomic E-state index is 11.8. The van der Waals surface area contributed by atoms with E-state index in [1.165, 1.54) is 4.31 Å². The molecule has 2 unspecified atom stereocenters. The Bertz CT molecular complexity index is 338. The number of hydrogen-bond donors (Lipinski definition) is 0. The summed E-state index contributed by atoms with van der Waals surface area (Å²) in [4.78, 5) is 11.7. The van der Waals surface area contributed by atoms with E-state index >= 15 is 0 Å². The number of amides is 1. The first-order chi connectivity index (χ1) is 6.13. The summed E-state index contributed by atoms with van der Waals surface area (Å²) in [5, 5.41) is 0. The van der Waals surface area contributed by atoms with Crippen molar-refractivity contribution in [3.8, 4) is 0 Å². The van der Waals surface area contributed by atoms with Crippen LogP contribution in [0.2, 0.25) is 0 Å². The van der Waals surface area contributed by atoms with E-state index in [-0.39, 0.29) is 17.2 Å². The van der Waals surface area contributed by atoms with Gasteiger partial charge in [-0.3, -0.25) is 9.10 Å². The zero-order valence-corrected chi connectivity index (χ0v) is 10.2. The van der Waals surface area contributed by atoms with Crippen LogP contribution in [0.25, 0.3) is 0 Å². The summed E-state index contributed by atoms with van der Waals surface area (Å²) in [7, 11) is -0.728. The van der Waals surface area contributed by atoms with E-state index in [2.05, 4.69) is 26.6 Å². The molecule has 4 heteroatoms. The van der Waals surface area contributed by atoms with Crippen molar-refractivity contribution in [2.75, 3.05) is 12.8 Å². The van der Waals surface area contributed by atoms with Crippen molar-refractivity contribution in [2.45, 2.75) is 27.2 Å². The van der Waals surface area contributed by atoms with Gasteiger partial charge in [-0.05, 0) is 17.7 Å². The van der Waals surface area contributed by atoms with Crippen LogP contribution in [-0.2, 0) is 14.5 Å². The Kier molecular flexibility index (Phi) is 2.69. The molecule has 0 radical (unpaired) electrons. The lowest BCUT2D eigenvalue weighted by Crippen LogP contribution is -2.27. The molecule has 1 aliphatic heterocycles. The summed E-state index contributed by atoms with van der Waals surface area (Å²) in [6.07, 6.45) is 0.780. The molecule has 0 bridgehead atoms. The predicted octanol–water partition coefficient (Wildman–Crippen LogP) is 1.14. The Balaban J connectivity index is 2.83. The van der Waals surface area contributed by atoms with Gasteiger partial charge >= 0.3 is 0 Å². The van der Waals surface area contributed by atoms with Gasteiger partial charge in [0.15, 0.2) is 0 Å². The molecule has 1 amide bonds. The first-order valence-electron chi connectivity index (χ1n) is 4.76. The number of rotatable bonds is 1. The van der Waals surface area contributed by atoms with Crippen molar-refractivity contribution >= 4 is 21.5 Å². The first-order valence-corrected chi connectivity index (χ1v) is 6.61. The van der Waals surface area contributed by atoms with Crippen LogP contribution in [0.5, 0.6) is 0 Å². The molecule has 0 aromatic heterocycles. The fourth-order valence-electron chi connectivity index (χ4n) is 1.80. The molecule has 1 heterocycles. The highest BCUT2D eigenvalue weighted by molar-refractivity contribution is 7.99. The first kappa shape index (κ1) is 11.6. The number of carbonyl (C=O) groups excluding carboxylic acids is 1. The van der Waals surface area contributed by atoms with Crippen LogP contribution in [0.1, 0.15) is 27.2 Å². The van der Waals surface area contributed by atoms with Gasteiger partial charge in [-0.2, -0.15) is 0 Å². The molecule has 14 heavy (non-hydrogen) atoms. The van der Waals surface area contributed by atoms with Crippen molar-refractivity contribution in [1.29, 1.82) is 0 Å². The summed E-state index contributed by atoms with van der Waals surface area (Å²) >= 11 is 0. The van der Waals surface area contributed by atoms with Crippen LogP contribution in [0.4, 0.5) is 0 Å². The second-order valence-electron chi connectivity index (χ2n) is 5.24. The lowest BCUT2D eigenvalue weighted by molar-refractivity contribution is -0.128. The van der Waals surface area contributed by atoms with Gasteiger partial charge in [0.2, 0.25) is 5.91 Å². The molecule has 1 saturated heterocycles. The molecule has 0 aromatic carbocycles. The van der Waals surface area contributed by atoms with Crippen LogP contribution in [0, 0.1) is 11.3 Å².